The minimum absolute atomic E-state index is 0.106. The maximum absolute atomic E-state index is 11.5. The zero-order valence-corrected chi connectivity index (χ0v) is 12.0. The maximum Gasteiger partial charge on any atom is 0.339 e. The van der Waals surface area contributed by atoms with Gasteiger partial charge in [-0.25, -0.2) is 4.79 Å². The van der Waals surface area contributed by atoms with Crippen molar-refractivity contribution >= 4 is 28.6 Å². The number of aryl methyl sites for hydroxylation is 2. The Hall–Kier alpha value is -2.32. The van der Waals surface area contributed by atoms with Crippen LogP contribution in [-0.4, -0.2) is 24.9 Å². The molecule has 0 aliphatic carbocycles. The number of anilines is 2. The quantitative estimate of drug-likeness (QED) is 0.837. The largest absolute Gasteiger partial charge is 0.755 e. The zero-order chi connectivity index (χ0) is 15.7. The van der Waals surface area contributed by atoms with Crippen molar-refractivity contribution in [3.05, 3.63) is 41.3 Å². The third-order valence-electron chi connectivity index (χ3n) is 2.83. The minimum atomic E-state index is -2.66. The second-order valence-corrected chi connectivity index (χ2v) is 5.12. The average Bonchev–Trinajstić information content (AvgIpc) is 2.68. The molecule has 0 aliphatic rings. The van der Waals surface area contributed by atoms with E-state index in [0.29, 0.717) is 17.2 Å². The van der Waals surface area contributed by atoms with Gasteiger partial charge in [-0.1, -0.05) is 0 Å². The standard InChI is InChI=1S/C13H13NO6S/c1-7-5-11(8(2)20-7)14(21(18)19)9-3-4-10(13(16)17)12(15)6-9/h3-6,15H,1-2H3,(H,16,17)(H,18,19)/p-1. The van der Waals surface area contributed by atoms with E-state index in [0.717, 1.165) is 16.4 Å². The molecule has 1 heterocycles. The molecule has 0 saturated heterocycles. The summed E-state index contributed by atoms with van der Waals surface area (Å²) in [5, 5.41) is 18.5. The molecule has 0 amide bonds. The highest BCUT2D eigenvalue weighted by Crippen LogP contribution is 2.34. The molecular formula is C13H12NO6S-. The van der Waals surface area contributed by atoms with Crippen LogP contribution in [0.3, 0.4) is 0 Å². The van der Waals surface area contributed by atoms with Crippen molar-refractivity contribution in [2.24, 2.45) is 0 Å². The first-order valence-electron chi connectivity index (χ1n) is 5.84. The Morgan fingerprint density at radius 3 is 2.43 bits per heavy atom. The maximum atomic E-state index is 11.5. The lowest BCUT2D eigenvalue weighted by atomic mass is 10.2. The number of rotatable bonds is 4. The molecule has 0 fully saturated rings. The third kappa shape index (κ3) is 2.91. The van der Waals surface area contributed by atoms with Crippen LogP contribution in [0.5, 0.6) is 5.75 Å². The van der Waals surface area contributed by atoms with Gasteiger partial charge in [0.25, 0.3) is 0 Å². The van der Waals surface area contributed by atoms with Crippen molar-refractivity contribution in [3.63, 3.8) is 0 Å². The average molecular weight is 310 g/mol. The smallest absolute Gasteiger partial charge is 0.339 e. The normalized spacial score (nSPS) is 12.1. The SMILES string of the molecule is Cc1cc(N(c2ccc(C(=O)O)c(O)c2)S(=O)[O-])c(C)o1. The Bertz CT molecular complexity index is 723. The van der Waals surface area contributed by atoms with Crippen molar-refractivity contribution in [2.45, 2.75) is 13.8 Å². The summed E-state index contributed by atoms with van der Waals surface area (Å²) in [6.45, 7) is 3.28. The van der Waals surface area contributed by atoms with Crippen molar-refractivity contribution in [1.29, 1.82) is 0 Å². The first-order valence-corrected chi connectivity index (χ1v) is 6.87. The second kappa shape index (κ2) is 5.58. The zero-order valence-electron chi connectivity index (χ0n) is 11.2. The molecular weight excluding hydrogens is 298 g/mol. The van der Waals surface area contributed by atoms with Crippen molar-refractivity contribution in [1.82, 2.24) is 0 Å². The van der Waals surface area contributed by atoms with E-state index in [1.807, 2.05) is 0 Å². The molecule has 1 aromatic carbocycles. The number of nitrogens with zero attached hydrogens (tertiary/aromatic N) is 1. The molecule has 2 N–H and O–H groups in total. The van der Waals surface area contributed by atoms with Gasteiger partial charge in [0.1, 0.15) is 22.8 Å². The van der Waals surface area contributed by atoms with Gasteiger partial charge in [-0.2, -0.15) is 0 Å². The lowest BCUT2D eigenvalue weighted by molar-refractivity contribution is 0.0694. The number of hydrogen-bond donors (Lipinski definition) is 2. The Morgan fingerprint density at radius 2 is 2.00 bits per heavy atom. The molecule has 7 nitrogen and oxygen atoms in total. The predicted molar refractivity (Wildman–Crippen MR) is 74.3 cm³/mol. The van der Waals surface area contributed by atoms with Crippen molar-refractivity contribution < 1.29 is 28.2 Å². The highest BCUT2D eigenvalue weighted by Gasteiger charge is 2.19. The van der Waals surface area contributed by atoms with Crippen LogP contribution < -0.4 is 4.31 Å². The first kappa shape index (κ1) is 15.1. The minimum Gasteiger partial charge on any atom is -0.755 e. The van der Waals surface area contributed by atoms with E-state index in [1.165, 1.54) is 12.1 Å². The van der Waals surface area contributed by atoms with Crippen LogP contribution in [0.1, 0.15) is 21.9 Å². The van der Waals surface area contributed by atoms with E-state index in [4.69, 9.17) is 9.52 Å². The topological polar surface area (TPSA) is 114 Å². The highest BCUT2D eigenvalue weighted by molar-refractivity contribution is 7.81. The van der Waals surface area contributed by atoms with E-state index < -0.39 is 23.0 Å². The summed E-state index contributed by atoms with van der Waals surface area (Å²) >= 11 is -2.66. The fourth-order valence-electron chi connectivity index (χ4n) is 1.95. The van der Waals surface area contributed by atoms with E-state index in [2.05, 4.69) is 0 Å². The molecule has 0 bridgehead atoms. The summed E-state index contributed by atoms with van der Waals surface area (Å²) in [4.78, 5) is 10.9. The molecule has 2 rings (SSSR count). The molecule has 112 valence electrons. The molecule has 0 radical (unpaired) electrons. The van der Waals surface area contributed by atoms with Gasteiger partial charge in [-0.3, -0.25) is 8.51 Å². The highest BCUT2D eigenvalue weighted by atomic mass is 32.2. The molecule has 0 aliphatic heterocycles. The molecule has 21 heavy (non-hydrogen) atoms. The molecule has 1 atom stereocenters. The lowest BCUT2D eigenvalue weighted by Gasteiger charge is -2.25. The van der Waals surface area contributed by atoms with Crippen molar-refractivity contribution in [2.75, 3.05) is 4.31 Å². The number of benzene rings is 1. The lowest BCUT2D eigenvalue weighted by Crippen LogP contribution is -2.19. The predicted octanol–water partition coefficient (Wildman–Crippen LogP) is 2.23. The number of phenols is 1. The fourth-order valence-corrected chi connectivity index (χ4v) is 2.58. The van der Waals surface area contributed by atoms with Crippen LogP contribution >= 0.6 is 0 Å². The summed E-state index contributed by atoms with van der Waals surface area (Å²) in [5.41, 5.74) is 0.0912. The number of aromatic hydroxyl groups is 1. The Kier molecular flexibility index (Phi) is 4.01. The van der Waals surface area contributed by atoms with E-state index in [1.54, 1.807) is 13.8 Å². The summed E-state index contributed by atoms with van der Waals surface area (Å²) in [7, 11) is 0. The van der Waals surface area contributed by atoms with Gasteiger partial charge >= 0.3 is 5.97 Å². The van der Waals surface area contributed by atoms with Gasteiger partial charge in [0.15, 0.2) is 0 Å². The molecule has 8 heteroatoms. The van der Waals surface area contributed by atoms with E-state index >= 15 is 0 Å². The van der Waals surface area contributed by atoms with Gasteiger partial charge in [-0.15, -0.1) is 0 Å². The number of carboxylic acids is 1. The van der Waals surface area contributed by atoms with Crippen LogP contribution in [-0.2, 0) is 11.3 Å². The van der Waals surface area contributed by atoms with Crippen LogP contribution in [0.2, 0.25) is 0 Å². The van der Waals surface area contributed by atoms with Crippen LogP contribution in [0.4, 0.5) is 11.4 Å². The third-order valence-corrected chi connectivity index (χ3v) is 3.53. The van der Waals surface area contributed by atoms with Gasteiger partial charge in [0.05, 0.1) is 22.6 Å². The van der Waals surface area contributed by atoms with Gasteiger partial charge in [0, 0.05) is 12.1 Å². The number of hydrogen-bond acceptors (Lipinski definition) is 5. The number of carboxylic acid groups (broad SMARTS) is 1. The molecule has 0 spiro atoms. The summed E-state index contributed by atoms with van der Waals surface area (Å²) in [6.07, 6.45) is 0. The summed E-state index contributed by atoms with van der Waals surface area (Å²) < 4.78 is 29.2. The van der Waals surface area contributed by atoms with Crippen LogP contribution in [0.15, 0.2) is 28.7 Å². The number of furan rings is 1. The van der Waals surface area contributed by atoms with Crippen LogP contribution in [0.25, 0.3) is 0 Å². The summed E-state index contributed by atoms with van der Waals surface area (Å²) in [6, 6.07) is 5.03. The van der Waals surface area contributed by atoms with E-state index in [-0.39, 0.29) is 11.3 Å². The molecule has 2 aromatic rings. The Morgan fingerprint density at radius 1 is 1.33 bits per heavy atom. The Balaban J connectivity index is 2.54. The van der Waals surface area contributed by atoms with Gasteiger partial charge < -0.3 is 19.2 Å². The van der Waals surface area contributed by atoms with Crippen molar-refractivity contribution in [3.8, 4) is 5.75 Å². The number of aromatic carboxylic acids is 1. The fraction of sp³-hybridized carbons (Fsp3) is 0.154. The van der Waals surface area contributed by atoms with Gasteiger partial charge in [0.2, 0.25) is 0 Å². The first-order chi connectivity index (χ1) is 9.81. The Labute approximate surface area is 122 Å². The molecule has 0 saturated carbocycles. The number of carbonyl (C=O) groups is 1. The monoisotopic (exact) mass is 310 g/mol. The van der Waals surface area contributed by atoms with Crippen LogP contribution in [0, 0.1) is 13.8 Å². The van der Waals surface area contributed by atoms with Gasteiger partial charge in [-0.05, 0) is 26.0 Å². The second-order valence-electron chi connectivity index (χ2n) is 4.32. The summed E-state index contributed by atoms with van der Waals surface area (Å²) in [5.74, 6) is -0.902. The van der Waals surface area contributed by atoms with E-state index in [9.17, 15) is 18.7 Å². The molecule has 1 unspecified atom stereocenters. The molecule has 1 aromatic heterocycles.